The molecule has 0 spiro atoms. The van der Waals surface area contributed by atoms with Crippen LogP contribution in [0.5, 0.6) is 0 Å². The average Bonchev–Trinajstić information content (AvgIpc) is 3.48. The molecule has 0 amide bonds. The third-order valence-corrected chi connectivity index (χ3v) is 5.93. The first-order valence-corrected chi connectivity index (χ1v) is 12.9. The average molecular weight is 516 g/mol. The molecule has 0 saturated heterocycles. The van der Waals surface area contributed by atoms with Gasteiger partial charge in [-0.1, -0.05) is 47.1 Å². The second-order valence-electron chi connectivity index (χ2n) is 8.65. The Kier molecular flexibility index (Phi) is 9.54. The minimum atomic E-state index is -4.23. The van der Waals surface area contributed by atoms with E-state index < -0.39 is 12.6 Å². The van der Waals surface area contributed by atoms with Crippen LogP contribution in [0.1, 0.15) is 65.4 Å². The summed E-state index contributed by atoms with van der Waals surface area (Å²) in [6.45, 7) is 12.4. The van der Waals surface area contributed by atoms with E-state index in [1.165, 1.54) is 0 Å². The molecule has 0 aromatic carbocycles. The van der Waals surface area contributed by atoms with Crippen molar-refractivity contribution in [3.8, 4) is 11.1 Å². The lowest BCUT2D eigenvalue weighted by Crippen LogP contribution is -2.27. The van der Waals surface area contributed by atoms with E-state index in [0.717, 1.165) is 59.0 Å². The summed E-state index contributed by atoms with van der Waals surface area (Å²) < 4.78 is 39.0. The van der Waals surface area contributed by atoms with Gasteiger partial charge in [-0.2, -0.15) is 23.3 Å². The van der Waals surface area contributed by atoms with Gasteiger partial charge in [-0.25, -0.2) is 9.50 Å². The Labute approximate surface area is 215 Å². The normalized spacial score (nSPS) is 11.6. The molecule has 7 nitrogen and oxygen atoms in total. The van der Waals surface area contributed by atoms with Crippen molar-refractivity contribution in [1.82, 2.24) is 29.9 Å². The van der Waals surface area contributed by atoms with Crippen LogP contribution in [0.15, 0.2) is 43.5 Å². The minimum Gasteiger partial charge on any atom is -0.382 e. The topological polar surface area (TPSA) is 82.9 Å². The fraction of sp³-hybridized carbons (Fsp3) is 0.444. The number of H-pyrrole nitrogens is 1. The molecule has 3 N–H and O–H groups in total. The van der Waals surface area contributed by atoms with E-state index >= 15 is 0 Å². The summed E-state index contributed by atoms with van der Waals surface area (Å²) in [5.74, 6) is 0.153. The molecule has 0 bridgehead atoms. The SMILES string of the molecule is C=C(NC(CCC)CCC)c1cnn2ccc(-c3c[nH]c4nc(NCCC(F)(F)F)ncc34)cc12.CC. The summed E-state index contributed by atoms with van der Waals surface area (Å²) in [5, 5.41) is 11.5. The van der Waals surface area contributed by atoms with Gasteiger partial charge in [0, 0.05) is 53.4 Å². The molecule has 0 fully saturated rings. The second kappa shape index (κ2) is 12.6. The van der Waals surface area contributed by atoms with Crippen molar-refractivity contribution in [3.05, 3.63) is 49.1 Å². The summed E-state index contributed by atoms with van der Waals surface area (Å²) in [4.78, 5) is 11.6. The summed E-state index contributed by atoms with van der Waals surface area (Å²) in [6.07, 6.45) is 6.35. The second-order valence-corrected chi connectivity index (χ2v) is 8.65. The monoisotopic (exact) mass is 515 g/mol. The lowest BCUT2D eigenvalue weighted by molar-refractivity contribution is -0.131. The van der Waals surface area contributed by atoms with Crippen LogP contribution >= 0.6 is 0 Å². The maximum absolute atomic E-state index is 12.4. The molecule has 0 atom stereocenters. The molecule has 4 aromatic rings. The quantitative estimate of drug-likeness (QED) is 0.197. The van der Waals surface area contributed by atoms with Gasteiger partial charge in [-0.15, -0.1) is 0 Å². The predicted molar refractivity (Wildman–Crippen MR) is 144 cm³/mol. The van der Waals surface area contributed by atoms with Crippen molar-refractivity contribution in [2.45, 2.75) is 72.0 Å². The van der Waals surface area contributed by atoms with Crippen LogP contribution in [0.25, 0.3) is 33.4 Å². The third-order valence-electron chi connectivity index (χ3n) is 5.93. The van der Waals surface area contributed by atoms with E-state index in [9.17, 15) is 13.2 Å². The number of anilines is 1. The van der Waals surface area contributed by atoms with Gasteiger partial charge in [0.2, 0.25) is 5.95 Å². The van der Waals surface area contributed by atoms with Gasteiger partial charge in [-0.05, 0) is 30.5 Å². The van der Waals surface area contributed by atoms with Crippen molar-refractivity contribution < 1.29 is 13.2 Å². The smallest absolute Gasteiger partial charge is 0.382 e. The molecule has 0 radical (unpaired) electrons. The van der Waals surface area contributed by atoms with Gasteiger partial charge in [0.15, 0.2) is 0 Å². The van der Waals surface area contributed by atoms with Crippen LogP contribution in [0.4, 0.5) is 19.1 Å². The summed E-state index contributed by atoms with van der Waals surface area (Å²) in [7, 11) is 0. The van der Waals surface area contributed by atoms with E-state index in [1.54, 1.807) is 6.20 Å². The number of nitrogens with one attached hydrogen (secondary N) is 3. The Morgan fingerprint density at radius 3 is 2.57 bits per heavy atom. The van der Waals surface area contributed by atoms with Gasteiger partial charge in [-0.3, -0.25) is 0 Å². The number of fused-ring (bicyclic) bond motifs is 2. The summed E-state index contributed by atoms with van der Waals surface area (Å²) >= 11 is 0. The minimum absolute atomic E-state index is 0.153. The van der Waals surface area contributed by atoms with Crippen LogP contribution in [-0.2, 0) is 0 Å². The lowest BCUT2D eigenvalue weighted by atomic mass is 10.0. The van der Waals surface area contributed by atoms with Crippen molar-refractivity contribution in [2.24, 2.45) is 0 Å². The number of aromatic amines is 1. The highest BCUT2D eigenvalue weighted by Gasteiger charge is 2.26. The van der Waals surface area contributed by atoms with Gasteiger partial charge >= 0.3 is 6.18 Å². The number of nitrogens with zero attached hydrogens (tertiary/aromatic N) is 4. The highest BCUT2D eigenvalue weighted by molar-refractivity contribution is 5.94. The molecule has 4 aromatic heterocycles. The van der Waals surface area contributed by atoms with Crippen LogP contribution in [0, 0.1) is 0 Å². The molecule has 4 heterocycles. The number of pyridine rings is 1. The molecule has 0 aliphatic rings. The summed E-state index contributed by atoms with van der Waals surface area (Å²) in [6, 6.07) is 4.37. The molecular formula is C27H36F3N7. The van der Waals surface area contributed by atoms with Gasteiger partial charge in [0.05, 0.1) is 18.1 Å². The number of halogens is 3. The van der Waals surface area contributed by atoms with Gasteiger partial charge in [0.1, 0.15) is 5.65 Å². The maximum Gasteiger partial charge on any atom is 0.390 e. The van der Waals surface area contributed by atoms with Crippen molar-refractivity contribution in [3.63, 3.8) is 0 Å². The van der Waals surface area contributed by atoms with Gasteiger partial charge < -0.3 is 15.6 Å². The van der Waals surface area contributed by atoms with Crippen molar-refractivity contribution in [1.29, 1.82) is 0 Å². The number of hydrogen-bond acceptors (Lipinski definition) is 5. The zero-order chi connectivity index (χ0) is 27.0. The number of hydrogen-bond donors (Lipinski definition) is 3. The molecule has 10 heteroatoms. The van der Waals surface area contributed by atoms with E-state index in [1.807, 2.05) is 49.1 Å². The standard InChI is InChI=1S/C25H30F3N7.C2H6/c1-4-6-18(7-5-2)33-16(3)19-15-32-35-11-8-17(12-22(19)35)20-13-30-23-21(20)14-31-24(34-23)29-10-9-25(26,27)28;1-2/h8,11-15,18,33H,3-7,9-10H2,1-2H3,(H2,29,30,31,34);1-2H3. The molecule has 0 aliphatic heterocycles. The molecule has 0 saturated carbocycles. The Bertz CT molecular complexity index is 1300. The van der Waals surface area contributed by atoms with Crippen molar-refractivity contribution in [2.75, 3.05) is 11.9 Å². The Hall–Kier alpha value is -3.56. The van der Waals surface area contributed by atoms with Crippen LogP contribution in [-0.4, -0.2) is 43.3 Å². The van der Waals surface area contributed by atoms with Crippen LogP contribution in [0.3, 0.4) is 0 Å². The molecule has 4 rings (SSSR count). The summed E-state index contributed by atoms with van der Waals surface area (Å²) in [5.41, 5.74) is 5.10. The maximum atomic E-state index is 12.4. The van der Waals surface area contributed by atoms with Crippen LogP contribution < -0.4 is 10.6 Å². The highest BCUT2D eigenvalue weighted by Crippen LogP contribution is 2.30. The fourth-order valence-corrected chi connectivity index (χ4v) is 4.24. The van der Waals surface area contributed by atoms with Crippen molar-refractivity contribution >= 4 is 28.2 Å². The molecule has 200 valence electrons. The predicted octanol–water partition coefficient (Wildman–Crippen LogP) is 7.19. The number of aromatic nitrogens is 5. The number of rotatable bonds is 11. The fourth-order valence-electron chi connectivity index (χ4n) is 4.24. The Morgan fingerprint density at radius 1 is 1.16 bits per heavy atom. The third kappa shape index (κ3) is 7.02. The van der Waals surface area contributed by atoms with E-state index in [2.05, 4.69) is 51.1 Å². The molecule has 0 unspecified atom stereocenters. The number of alkyl halides is 3. The molecule has 0 aliphatic carbocycles. The Morgan fingerprint density at radius 2 is 1.89 bits per heavy atom. The van der Waals surface area contributed by atoms with E-state index in [4.69, 9.17) is 0 Å². The largest absolute Gasteiger partial charge is 0.390 e. The first kappa shape index (κ1) is 28.0. The molecular weight excluding hydrogens is 479 g/mol. The van der Waals surface area contributed by atoms with Gasteiger partial charge in [0.25, 0.3) is 0 Å². The first-order valence-electron chi connectivity index (χ1n) is 12.9. The zero-order valence-corrected chi connectivity index (χ0v) is 21.9. The molecule has 37 heavy (non-hydrogen) atoms. The highest BCUT2D eigenvalue weighted by atomic mass is 19.4. The zero-order valence-electron chi connectivity index (χ0n) is 21.9. The lowest BCUT2D eigenvalue weighted by Gasteiger charge is -2.20. The van der Waals surface area contributed by atoms with E-state index in [-0.39, 0.29) is 12.5 Å². The Balaban J connectivity index is 0.00000186. The van der Waals surface area contributed by atoms with E-state index in [0.29, 0.717) is 11.7 Å². The first-order chi connectivity index (χ1) is 17.8. The van der Waals surface area contributed by atoms with Crippen LogP contribution in [0.2, 0.25) is 0 Å².